The molecule has 1 aliphatic rings. The number of halogens is 1. The van der Waals surface area contributed by atoms with Crippen molar-refractivity contribution in [1.29, 1.82) is 0 Å². The second-order valence-electron chi connectivity index (χ2n) is 5.23. The van der Waals surface area contributed by atoms with Crippen LogP contribution in [0.5, 0.6) is 0 Å². The number of β-amino-alcohol motifs (C(OH)–C–C–N with tert-alkyl or cyclic N) is 1. The largest absolute Gasteiger partial charge is 0.391 e. The maximum Gasteiger partial charge on any atom is 0.263 e. The molecule has 2 unspecified atom stereocenters. The SMILES string of the molecule is Cc1nc(-c2ccc(Cl)s2)sc1C(=O)NCC1CNCC1O. The van der Waals surface area contributed by atoms with Crippen LogP contribution in [0.25, 0.3) is 9.88 Å². The quantitative estimate of drug-likeness (QED) is 0.783. The zero-order valence-corrected chi connectivity index (χ0v) is 14.3. The minimum absolute atomic E-state index is 0.0627. The Hall–Kier alpha value is -0.990. The Balaban J connectivity index is 1.69. The van der Waals surface area contributed by atoms with Crippen molar-refractivity contribution in [2.24, 2.45) is 5.92 Å². The van der Waals surface area contributed by atoms with Gasteiger partial charge in [-0.15, -0.1) is 22.7 Å². The molecule has 0 aromatic carbocycles. The molecule has 2 aromatic rings. The maximum atomic E-state index is 12.3. The van der Waals surface area contributed by atoms with Crippen molar-refractivity contribution in [3.05, 3.63) is 27.0 Å². The van der Waals surface area contributed by atoms with Gasteiger partial charge in [0.15, 0.2) is 0 Å². The number of hydrogen-bond acceptors (Lipinski definition) is 6. The van der Waals surface area contributed by atoms with Gasteiger partial charge in [0.05, 0.1) is 21.0 Å². The van der Waals surface area contributed by atoms with Crippen LogP contribution in [-0.4, -0.2) is 41.7 Å². The number of aryl methyl sites for hydroxylation is 1. The Morgan fingerprint density at radius 3 is 2.95 bits per heavy atom. The number of hydrogen-bond donors (Lipinski definition) is 3. The molecule has 1 fully saturated rings. The average Bonchev–Trinajstić information content (AvgIpc) is 3.17. The second-order valence-corrected chi connectivity index (χ2v) is 7.95. The number of thiophene rings is 1. The van der Waals surface area contributed by atoms with Crippen LogP contribution in [0.15, 0.2) is 12.1 Å². The molecule has 8 heteroatoms. The molecule has 2 atom stereocenters. The number of nitrogens with one attached hydrogen (secondary N) is 2. The molecule has 0 aliphatic carbocycles. The Labute approximate surface area is 141 Å². The van der Waals surface area contributed by atoms with Gasteiger partial charge in [0.2, 0.25) is 0 Å². The molecule has 0 saturated carbocycles. The van der Waals surface area contributed by atoms with Crippen molar-refractivity contribution < 1.29 is 9.90 Å². The first-order chi connectivity index (χ1) is 10.5. The van der Waals surface area contributed by atoms with Gasteiger partial charge in [-0.2, -0.15) is 0 Å². The lowest BCUT2D eigenvalue weighted by molar-refractivity contribution is 0.0930. The van der Waals surface area contributed by atoms with Crippen LogP contribution in [-0.2, 0) is 0 Å². The van der Waals surface area contributed by atoms with E-state index in [0.29, 0.717) is 28.0 Å². The molecule has 0 spiro atoms. The second kappa shape index (κ2) is 6.64. The van der Waals surface area contributed by atoms with Gasteiger partial charge < -0.3 is 15.7 Å². The first-order valence-electron chi connectivity index (χ1n) is 6.94. The van der Waals surface area contributed by atoms with E-state index in [9.17, 15) is 9.90 Å². The molecule has 3 rings (SSSR count). The smallest absolute Gasteiger partial charge is 0.263 e. The van der Waals surface area contributed by atoms with Crippen LogP contribution < -0.4 is 10.6 Å². The Bertz CT molecular complexity index is 685. The van der Waals surface area contributed by atoms with Crippen LogP contribution in [0.4, 0.5) is 0 Å². The van der Waals surface area contributed by atoms with Crippen LogP contribution in [0.2, 0.25) is 4.34 Å². The summed E-state index contributed by atoms with van der Waals surface area (Å²) >= 11 is 8.76. The third-order valence-corrected chi connectivity index (χ3v) is 6.17. The van der Waals surface area contributed by atoms with Gasteiger partial charge in [-0.3, -0.25) is 4.79 Å². The third kappa shape index (κ3) is 3.33. The molecule has 0 bridgehead atoms. The lowest BCUT2D eigenvalue weighted by Gasteiger charge is -2.13. The zero-order valence-electron chi connectivity index (χ0n) is 11.9. The number of nitrogens with zero attached hydrogens (tertiary/aromatic N) is 1. The molecule has 2 aromatic heterocycles. The van der Waals surface area contributed by atoms with E-state index < -0.39 is 6.10 Å². The summed E-state index contributed by atoms with van der Waals surface area (Å²) in [7, 11) is 0. The topological polar surface area (TPSA) is 74.2 Å². The maximum absolute atomic E-state index is 12.3. The fourth-order valence-electron chi connectivity index (χ4n) is 2.37. The lowest BCUT2D eigenvalue weighted by Crippen LogP contribution is -2.34. The summed E-state index contributed by atoms with van der Waals surface area (Å²) in [5.74, 6) is -0.0734. The Kier molecular flexibility index (Phi) is 4.79. The number of aromatic nitrogens is 1. The number of thiazole rings is 1. The highest BCUT2D eigenvalue weighted by Crippen LogP contribution is 2.34. The molecule has 3 heterocycles. The van der Waals surface area contributed by atoms with Gasteiger partial charge in [-0.1, -0.05) is 11.6 Å². The van der Waals surface area contributed by atoms with Crippen molar-refractivity contribution in [3.63, 3.8) is 0 Å². The molecule has 1 saturated heterocycles. The summed E-state index contributed by atoms with van der Waals surface area (Å²) < 4.78 is 0.705. The first-order valence-corrected chi connectivity index (χ1v) is 8.96. The van der Waals surface area contributed by atoms with Crippen molar-refractivity contribution >= 4 is 40.2 Å². The standard InChI is InChI=1S/C14H16ClN3O2S2/c1-7-12(13(20)17-5-8-4-16-6-9(8)19)22-14(18-7)10-2-3-11(15)21-10/h2-3,8-9,16,19H,4-6H2,1H3,(H,17,20). The molecule has 1 amide bonds. The molecular weight excluding hydrogens is 342 g/mol. The van der Waals surface area contributed by atoms with Crippen LogP contribution in [0, 0.1) is 12.8 Å². The van der Waals surface area contributed by atoms with E-state index in [1.165, 1.54) is 22.7 Å². The summed E-state index contributed by atoms with van der Waals surface area (Å²) in [5, 5.41) is 16.5. The fourth-order valence-corrected chi connectivity index (χ4v) is 4.45. The summed E-state index contributed by atoms with van der Waals surface area (Å²) in [6, 6.07) is 3.74. The van der Waals surface area contributed by atoms with E-state index in [-0.39, 0.29) is 11.8 Å². The predicted molar refractivity (Wildman–Crippen MR) is 89.9 cm³/mol. The summed E-state index contributed by atoms with van der Waals surface area (Å²) in [5.41, 5.74) is 0.715. The normalized spacial score (nSPS) is 21.2. The van der Waals surface area contributed by atoms with Crippen molar-refractivity contribution in [1.82, 2.24) is 15.6 Å². The molecule has 5 nitrogen and oxygen atoms in total. The van der Waals surface area contributed by atoms with E-state index >= 15 is 0 Å². The molecule has 1 aliphatic heterocycles. The van der Waals surface area contributed by atoms with Crippen LogP contribution in [0.1, 0.15) is 15.4 Å². The van der Waals surface area contributed by atoms with E-state index in [4.69, 9.17) is 11.6 Å². The predicted octanol–water partition coefficient (Wildman–Crippen LogP) is 2.14. The minimum Gasteiger partial charge on any atom is -0.391 e. The average molecular weight is 358 g/mol. The van der Waals surface area contributed by atoms with Gasteiger partial charge in [0.25, 0.3) is 5.91 Å². The summed E-state index contributed by atoms with van der Waals surface area (Å²) in [6.45, 7) is 3.60. The molecule has 22 heavy (non-hydrogen) atoms. The number of carbonyl (C=O) groups excluding carboxylic acids is 1. The fraction of sp³-hybridized carbons (Fsp3) is 0.429. The van der Waals surface area contributed by atoms with E-state index in [1.807, 2.05) is 19.1 Å². The van der Waals surface area contributed by atoms with Crippen LogP contribution in [0.3, 0.4) is 0 Å². The minimum atomic E-state index is -0.397. The highest BCUT2D eigenvalue weighted by atomic mass is 35.5. The zero-order chi connectivity index (χ0) is 15.7. The molecule has 118 valence electrons. The van der Waals surface area contributed by atoms with Crippen LogP contribution >= 0.6 is 34.3 Å². The van der Waals surface area contributed by atoms with E-state index in [0.717, 1.165) is 16.4 Å². The van der Waals surface area contributed by atoms with Crippen molar-refractivity contribution in [3.8, 4) is 9.88 Å². The summed E-state index contributed by atoms with van der Waals surface area (Å²) in [6.07, 6.45) is -0.397. The Morgan fingerprint density at radius 1 is 1.50 bits per heavy atom. The summed E-state index contributed by atoms with van der Waals surface area (Å²) in [4.78, 5) is 18.3. The third-order valence-electron chi connectivity index (χ3n) is 3.62. The highest BCUT2D eigenvalue weighted by molar-refractivity contribution is 7.24. The first kappa shape index (κ1) is 15.9. The van der Waals surface area contributed by atoms with Gasteiger partial charge in [-0.05, 0) is 19.1 Å². The van der Waals surface area contributed by atoms with E-state index in [2.05, 4.69) is 15.6 Å². The highest BCUT2D eigenvalue weighted by Gasteiger charge is 2.26. The van der Waals surface area contributed by atoms with Gasteiger partial charge >= 0.3 is 0 Å². The van der Waals surface area contributed by atoms with E-state index in [1.54, 1.807) is 0 Å². The van der Waals surface area contributed by atoms with Crippen molar-refractivity contribution in [2.45, 2.75) is 13.0 Å². The number of carbonyl (C=O) groups is 1. The van der Waals surface area contributed by atoms with Gasteiger partial charge in [0.1, 0.15) is 9.88 Å². The number of aliphatic hydroxyl groups is 1. The van der Waals surface area contributed by atoms with Crippen molar-refractivity contribution in [2.75, 3.05) is 19.6 Å². The lowest BCUT2D eigenvalue weighted by atomic mass is 10.1. The van der Waals surface area contributed by atoms with Gasteiger partial charge in [0, 0.05) is 25.6 Å². The molecular formula is C14H16ClN3O2S2. The number of amides is 1. The number of aliphatic hydroxyl groups excluding tert-OH is 1. The number of rotatable bonds is 4. The monoisotopic (exact) mass is 357 g/mol. The molecule has 3 N–H and O–H groups in total. The van der Waals surface area contributed by atoms with Gasteiger partial charge in [-0.25, -0.2) is 4.98 Å². The Morgan fingerprint density at radius 2 is 2.32 bits per heavy atom. The molecule has 0 radical (unpaired) electrons.